The number of carbonyl (C=O) groups excluding carboxylic acids is 3. The summed E-state index contributed by atoms with van der Waals surface area (Å²) < 4.78 is 7.19. The van der Waals surface area contributed by atoms with Crippen molar-refractivity contribution in [2.75, 3.05) is 11.5 Å². The Morgan fingerprint density at radius 1 is 0.974 bits per heavy atom. The maximum atomic E-state index is 13.7. The smallest absolute Gasteiger partial charge is 0.421 e. The van der Waals surface area contributed by atoms with Crippen LogP contribution < -0.4 is 4.90 Å². The number of hydrogen-bond donors (Lipinski definition) is 0. The Morgan fingerprint density at radius 2 is 1.76 bits per heavy atom. The molecule has 0 unspecified atom stereocenters. The largest absolute Gasteiger partial charge is 0.449 e. The zero-order valence-electron chi connectivity index (χ0n) is 20.6. The molecule has 5 aromatic rings. The molecule has 8 heteroatoms. The molecule has 2 amide bonds. The first-order chi connectivity index (χ1) is 18.5. The minimum absolute atomic E-state index is 0.117. The first-order valence-electron chi connectivity index (χ1n) is 12.2. The minimum atomic E-state index is -0.997. The van der Waals surface area contributed by atoms with Crippen LogP contribution in [0.1, 0.15) is 29.3 Å². The number of Topliss-reactive ketones (excluding diaryl/α,β-unsaturated/α-hetero) is 1. The summed E-state index contributed by atoms with van der Waals surface area (Å²) in [5.74, 6) is -1.81. The van der Waals surface area contributed by atoms with E-state index in [2.05, 4.69) is 4.98 Å². The van der Waals surface area contributed by atoms with Crippen molar-refractivity contribution < 1.29 is 19.1 Å². The number of halogens is 1. The Balaban J connectivity index is 1.54. The predicted octanol–water partition coefficient (Wildman–Crippen LogP) is 6.65. The Hall–Kier alpha value is -4.49. The van der Waals surface area contributed by atoms with Crippen LogP contribution in [0.3, 0.4) is 0 Å². The predicted molar refractivity (Wildman–Crippen MR) is 148 cm³/mol. The Kier molecular flexibility index (Phi) is 7.20. The summed E-state index contributed by atoms with van der Waals surface area (Å²) in [4.78, 5) is 45.5. The molecule has 0 aliphatic heterocycles. The number of benzene rings is 3. The van der Waals surface area contributed by atoms with Gasteiger partial charge in [-0.05, 0) is 54.4 Å². The van der Waals surface area contributed by atoms with Gasteiger partial charge in [0.15, 0.2) is 0 Å². The van der Waals surface area contributed by atoms with Crippen LogP contribution in [0.15, 0.2) is 91.3 Å². The lowest BCUT2D eigenvalue weighted by atomic mass is 10.1. The van der Waals surface area contributed by atoms with Gasteiger partial charge >= 0.3 is 12.0 Å². The van der Waals surface area contributed by atoms with Gasteiger partial charge in [0, 0.05) is 40.3 Å². The number of carbonyl (C=O) groups is 3. The van der Waals surface area contributed by atoms with Crippen molar-refractivity contribution in [2.24, 2.45) is 0 Å². The van der Waals surface area contributed by atoms with E-state index in [0.29, 0.717) is 28.9 Å². The van der Waals surface area contributed by atoms with Crippen LogP contribution in [-0.2, 0) is 16.1 Å². The lowest BCUT2D eigenvalue weighted by molar-refractivity contribution is -0.114. The first kappa shape index (κ1) is 25.2. The van der Waals surface area contributed by atoms with Gasteiger partial charge in [0.05, 0.1) is 23.4 Å². The summed E-state index contributed by atoms with van der Waals surface area (Å²) in [7, 11) is 0. The zero-order valence-corrected chi connectivity index (χ0v) is 21.4. The fraction of sp³-hybridized carbons (Fsp3) is 0.133. The lowest BCUT2D eigenvalue weighted by Crippen LogP contribution is -2.42. The van der Waals surface area contributed by atoms with E-state index in [1.165, 1.54) is 0 Å². The van der Waals surface area contributed by atoms with E-state index >= 15 is 0 Å². The number of pyridine rings is 1. The molecule has 2 heterocycles. The van der Waals surface area contributed by atoms with Gasteiger partial charge in [-0.3, -0.25) is 14.6 Å². The topological polar surface area (TPSA) is 81.5 Å². The SMILES string of the molecule is CCCOC(=O)N(C(=O)C(=O)c1cn(Cc2ccc(Cl)cc2)c2ccccc12)c1ccc2ncccc2c1. The van der Waals surface area contributed by atoms with Crippen molar-refractivity contribution in [3.8, 4) is 0 Å². The number of amides is 2. The van der Waals surface area contributed by atoms with Crippen molar-refractivity contribution in [1.29, 1.82) is 0 Å². The summed E-state index contributed by atoms with van der Waals surface area (Å²) in [5.41, 5.74) is 2.90. The second-order valence-corrected chi connectivity index (χ2v) is 9.22. The summed E-state index contributed by atoms with van der Waals surface area (Å²) in [6.07, 6.45) is 2.98. The molecule has 0 saturated carbocycles. The molecule has 0 fully saturated rings. The van der Waals surface area contributed by atoms with Crippen LogP contribution in [0.5, 0.6) is 0 Å². The summed E-state index contributed by atoms with van der Waals surface area (Å²) >= 11 is 6.02. The molecule has 190 valence electrons. The molecule has 0 atom stereocenters. The van der Waals surface area contributed by atoms with Gasteiger partial charge < -0.3 is 9.30 Å². The van der Waals surface area contributed by atoms with Gasteiger partial charge in [0.1, 0.15) is 0 Å². The van der Waals surface area contributed by atoms with Crippen molar-refractivity contribution in [3.63, 3.8) is 0 Å². The fourth-order valence-corrected chi connectivity index (χ4v) is 4.45. The van der Waals surface area contributed by atoms with Crippen LogP contribution >= 0.6 is 11.6 Å². The van der Waals surface area contributed by atoms with Crippen LogP contribution in [0.25, 0.3) is 21.8 Å². The molecule has 0 bridgehead atoms. The van der Waals surface area contributed by atoms with Crippen LogP contribution in [0.2, 0.25) is 5.02 Å². The second-order valence-electron chi connectivity index (χ2n) is 8.78. The molecule has 0 aliphatic rings. The number of nitrogens with zero attached hydrogens (tertiary/aromatic N) is 3. The lowest BCUT2D eigenvalue weighted by Gasteiger charge is -2.20. The average molecular weight is 526 g/mol. The third-order valence-corrected chi connectivity index (χ3v) is 6.41. The van der Waals surface area contributed by atoms with Crippen molar-refractivity contribution in [2.45, 2.75) is 19.9 Å². The average Bonchev–Trinajstić information content (AvgIpc) is 3.31. The summed E-state index contributed by atoms with van der Waals surface area (Å²) in [5, 5.41) is 1.97. The molecule has 0 N–H and O–H groups in total. The highest BCUT2D eigenvalue weighted by atomic mass is 35.5. The molecule has 0 saturated heterocycles. The number of anilines is 1. The number of fused-ring (bicyclic) bond motifs is 2. The van der Waals surface area contributed by atoms with E-state index < -0.39 is 17.8 Å². The van der Waals surface area contributed by atoms with Gasteiger partial charge in [-0.2, -0.15) is 0 Å². The Bertz CT molecular complexity index is 1660. The van der Waals surface area contributed by atoms with Crippen LogP contribution in [0.4, 0.5) is 10.5 Å². The summed E-state index contributed by atoms with van der Waals surface area (Å²) in [6, 6.07) is 23.3. The number of imide groups is 1. The standard InChI is InChI=1S/C30H24ClN3O4/c1-2-16-38-30(37)34(23-13-14-26-21(17-23)6-5-15-32-26)29(36)28(35)25-19-33(27-8-4-3-7-24(25)27)18-20-9-11-22(31)12-10-20/h3-15,17,19H,2,16,18H2,1H3. The first-order valence-corrected chi connectivity index (χ1v) is 12.6. The molecule has 38 heavy (non-hydrogen) atoms. The molecule has 0 aliphatic carbocycles. The highest BCUT2D eigenvalue weighted by Crippen LogP contribution is 2.27. The Morgan fingerprint density at radius 3 is 2.55 bits per heavy atom. The zero-order chi connectivity index (χ0) is 26.6. The molecule has 5 rings (SSSR count). The van der Waals surface area contributed by atoms with Crippen molar-refractivity contribution in [3.05, 3.63) is 107 Å². The van der Waals surface area contributed by atoms with Gasteiger partial charge in [0.2, 0.25) is 0 Å². The Labute approximate surface area is 224 Å². The van der Waals surface area contributed by atoms with Crippen molar-refractivity contribution in [1.82, 2.24) is 9.55 Å². The van der Waals surface area contributed by atoms with E-state index in [1.807, 2.05) is 41.8 Å². The van der Waals surface area contributed by atoms with Gasteiger partial charge in [-0.1, -0.05) is 54.9 Å². The maximum Gasteiger partial charge on any atom is 0.421 e. The molecule has 0 radical (unpaired) electrons. The maximum absolute atomic E-state index is 13.7. The molecular weight excluding hydrogens is 502 g/mol. The summed E-state index contributed by atoms with van der Waals surface area (Å²) in [6.45, 7) is 2.44. The molecule has 7 nitrogen and oxygen atoms in total. The molecule has 0 spiro atoms. The van der Waals surface area contributed by atoms with E-state index in [4.69, 9.17) is 16.3 Å². The fourth-order valence-electron chi connectivity index (χ4n) is 4.32. The van der Waals surface area contributed by atoms with E-state index in [1.54, 1.807) is 60.9 Å². The second kappa shape index (κ2) is 10.9. The number of hydrogen-bond acceptors (Lipinski definition) is 5. The minimum Gasteiger partial charge on any atom is -0.449 e. The quantitative estimate of drug-likeness (QED) is 0.175. The van der Waals surface area contributed by atoms with Crippen molar-refractivity contribution >= 4 is 56.9 Å². The van der Waals surface area contributed by atoms with Gasteiger partial charge in [-0.25, -0.2) is 9.69 Å². The number of rotatable bonds is 7. The third-order valence-electron chi connectivity index (χ3n) is 6.15. The molecular formula is C30H24ClN3O4. The van der Waals surface area contributed by atoms with E-state index in [9.17, 15) is 14.4 Å². The third kappa shape index (κ3) is 5.01. The molecule has 2 aromatic heterocycles. The number of ether oxygens (including phenoxy) is 1. The normalized spacial score (nSPS) is 11.0. The van der Waals surface area contributed by atoms with E-state index in [0.717, 1.165) is 21.4 Å². The highest BCUT2D eigenvalue weighted by Gasteiger charge is 2.33. The number of ketones is 1. The van der Waals surface area contributed by atoms with Crippen LogP contribution in [0, 0.1) is 0 Å². The monoisotopic (exact) mass is 525 g/mol. The molecule has 3 aromatic carbocycles. The van der Waals surface area contributed by atoms with Crippen LogP contribution in [-0.4, -0.2) is 33.9 Å². The number of para-hydroxylation sites is 1. The highest BCUT2D eigenvalue weighted by molar-refractivity contribution is 6.52. The van der Waals surface area contributed by atoms with E-state index in [-0.39, 0.29) is 17.9 Å². The van der Waals surface area contributed by atoms with Gasteiger partial charge in [0.25, 0.3) is 5.78 Å². The number of aromatic nitrogens is 2. The van der Waals surface area contributed by atoms with Gasteiger partial charge in [-0.15, -0.1) is 0 Å².